The molecule has 0 amide bonds. The van der Waals surface area contributed by atoms with Crippen molar-refractivity contribution >= 4 is 39.2 Å². The van der Waals surface area contributed by atoms with E-state index < -0.39 is 0 Å². The lowest BCUT2D eigenvalue weighted by molar-refractivity contribution is 0.223. The Bertz CT molecular complexity index is 1720. The summed E-state index contributed by atoms with van der Waals surface area (Å²) in [6, 6.07) is 18.7. The summed E-state index contributed by atoms with van der Waals surface area (Å²) in [5.74, 6) is 7.44. The number of nitrogen functional groups attached to an aromatic ring is 1. The smallest absolute Gasteiger partial charge is 0.331 e. The highest BCUT2D eigenvalue weighted by molar-refractivity contribution is 6.31. The van der Waals surface area contributed by atoms with Crippen LogP contribution in [0.25, 0.3) is 27.5 Å². The molecule has 2 heterocycles. The van der Waals surface area contributed by atoms with E-state index in [-0.39, 0.29) is 5.69 Å². The molecule has 3 aromatic carbocycles. The van der Waals surface area contributed by atoms with E-state index >= 15 is 0 Å². The number of fused-ring (bicyclic) bond motifs is 2. The predicted octanol–water partition coefficient (Wildman–Crippen LogP) is 5.22. The Morgan fingerprint density at radius 2 is 1.84 bits per heavy atom. The van der Waals surface area contributed by atoms with Gasteiger partial charge in [-0.05, 0) is 67.7 Å². The molecule has 0 aliphatic rings. The molecule has 0 unspecified atom stereocenters. The number of ether oxygens (including phenoxy) is 1. The van der Waals surface area contributed by atoms with Crippen LogP contribution in [0.1, 0.15) is 25.0 Å². The summed E-state index contributed by atoms with van der Waals surface area (Å²) < 4.78 is 7.52. The van der Waals surface area contributed by atoms with Crippen molar-refractivity contribution in [2.45, 2.75) is 13.8 Å². The van der Waals surface area contributed by atoms with E-state index in [4.69, 9.17) is 22.1 Å². The Kier molecular flexibility index (Phi) is 7.36. The standard InChI is InChI=1S/C30H28ClN5O2/c1-3-35(4-2)15-16-38-24-11-9-23(10-12-24)36-28-17-20(6-14-27(28)34-30(36)37)5-13-25-26-18-22(31)8-7-21(26)19-33-29(25)32/h6-12,14,17-19H,3-4,15-16H2,1-2H3,(H2,32,33)(H,34,37). The summed E-state index contributed by atoms with van der Waals surface area (Å²) in [5, 5.41) is 2.35. The summed E-state index contributed by atoms with van der Waals surface area (Å²) in [6.45, 7) is 7.75. The number of aromatic nitrogens is 3. The molecule has 0 bridgehead atoms. The number of nitrogens with two attached hydrogens (primary N) is 1. The number of likely N-dealkylation sites (N-methyl/N-ethyl adjacent to an activating group) is 1. The molecule has 192 valence electrons. The maximum absolute atomic E-state index is 12.8. The van der Waals surface area contributed by atoms with Gasteiger partial charge in [0.05, 0.1) is 22.3 Å². The van der Waals surface area contributed by atoms with Crippen molar-refractivity contribution in [1.82, 2.24) is 19.4 Å². The first-order valence-corrected chi connectivity index (χ1v) is 12.9. The van der Waals surface area contributed by atoms with E-state index in [0.29, 0.717) is 23.0 Å². The highest BCUT2D eigenvalue weighted by Gasteiger charge is 2.10. The van der Waals surface area contributed by atoms with E-state index in [2.05, 4.69) is 40.6 Å². The molecule has 0 spiro atoms. The summed E-state index contributed by atoms with van der Waals surface area (Å²) in [6.07, 6.45) is 1.71. The number of H-pyrrole nitrogens is 1. The van der Waals surface area contributed by atoms with Crippen LogP contribution in [-0.2, 0) is 0 Å². The number of aromatic amines is 1. The van der Waals surface area contributed by atoms with E-state index in [1.54, 1.807) is 10.8 Å². The van der Waals surface area contributed by atoms with Crippen LogP contribution in [0.5, 0.6) is 5.75 Å². The minimum absolute atomic E-state index is 0.225. The van der Waals surface area contributed by atoms with Crippen LogP contribution in [0.4, 0.5) is 5.82 Å². The SMILES string of the molecule is CCN(CC)CCOc1ccc(-n2c(=O)[nH]c3ccc(C#Cc4c(N)ncc5ccc(Cl)cc45)cc32)cc1. The number of halogens is 1. The molecule has 5 aromatic rings. The van der Waals surface area contributed by atoms with Crippen LogP contribution in [0.3, 0.4) is 0 Å². The van der Waals surface area contributed by atoms with Crippen LogP contribution in [0.15, 0.2) is 71.7 Å². The highest BCUT2D eigenvalue weighted by atomic mass is 35.5. The van der Waals surface area contributed by atoms with Crippen LogP contribution in [0, 0.1) is 11.8 Å². The number of imidazole rings is 1. The monoisotopic (exact) mass is 525 g/mol. The zero-order valence-electron chi connectivity index (χ0n) is 21.3. The minimum Gasteiger partial charge on any atom is -0.492 e. The van der Waals surface area contributed by atoms with Crippen LogP contribution < -0.4 is 16.2 Å². The Balaban J connectivity index is 1.44. The van der Waals surface area contributed by atoms with E-state index in [1.165, 1.54) is 0 Å². The van der Waals surface area contributed by atoms with Crippen molar-refractivity contribution in [2.24, 2.45) is 0 Å². The number of benzene rings is 3. The number of rotatable bonds is 7. The van der Waals surface area contributed by atoms with Crippen molar-refractivity contribution in [3.8, 4) is 23.3 Å². The molecule has 0 aliphatic carbocycles. The molecule has 3 N–H and O–H groups in total. The number of hydrogen-bond donors (Lipinski definition) is 2. The second-order valence-corrected chi connectivity index (χ2v) is 9.30. The average Bonchev–Trinajstić information content (AvgIpc) is 3.26. The number of anilines is 1. The van der Waals surface area contributed by atoms with Gasteiger partial charge in [-0.3, -0.25) is 4.57 Å². The topological polar surface area (TPSA) is 89.2 Å². The molecular weight excluding hydrogens is 498 g/mol. The van der Waals surface area contributed by atoms with Gasteiger partial charge in [0.25, 0.3) is 0 Å². The predicted molar refractivity (Wildman–Crippen MR) is 154 cm³/mol. The fourth-order valence-electron chi connectivity index (χ4n) is 4.43. The van der Waals surface area contributed by atoms with Gasteiger partial charge in [0.15, 0.2) is 0 Å². The third-order valence-corrected chi connectivity index (χ3v) is 6.80. The van der Waals surface area contributed by atoms with Crippen LogP contribution in [-0.4, -0.2) is 45.7 Å². The molecule has 0 radical (unpaired) electrons. The maximum atomic E-state index is 12.8. The molecular formula is C30H28ClN5O2. The van der Waals surface area contributed by atoms with Crippen molar-refractivity contribution in [3.63, 3.8) is 0 Å². The molecule has 0 saturated carbocycles. The Labute approximate surface area is 225 Å². The average molecular weight is 526 g/mol. The van der Waals surface area contributed by atoms with Crippen molar-refractivity contribution in [1.29, 1.82) is 0 Å². The zero-order chi connectivity index (χ0) is 26.6. The fourth-order valence-corrected chi connectivity index (χ4v) is 4.60. The van der Waals surface area contributed by atoms with Crippen molar-refractivity contribution in [3.05, 3.63) is 93.5 Å². The van der Waals surface area contributed by atoms with Crippen molar-refractivity contribution in [2.75, 3.05) is 32.0 Å². The number of hydrogen-bond acceptors (Lipinski definition) is 5. The van der Waals surface area contributed by atoms with Gasteiger partial charge in [0, 0.05) is 34.1 Å². The summed E-state index contributed by atoms with van der Waals surface area (Å²) >= 11 is 6.21. The van der Waals surface area contributed by atoms with Gasteiger partial charge in [0.2, 0.25) is 0 Å². The first-order chi connectivity index (χ1) is 18.5. The summed E-state index contributed by atoms with van der Waals surface area (Å²) in [5.41, 5.74) is 9.46. The Hall–Kier alpha value is -4.25. The van der Waals surface area contributed by atoms with E-state index in [9.17, 15) is 4.79 Å². The third kappa shape index (κ3) is 5.23. The lowest BCUT2D eigenvalue weighted by Crippen LogP contribution is -2.27. The lowest BCUT2D eigenvalue weighted by Gasteiger charge is -2.18. The van der Waals surface area contributed by atoms with Gasteiger partial charge >= 0.3 is 5.69 Å². The van der Waals surface area contributed by atoms with E-state index in [0.717, 1.165) is 58.4 Å². The van der Waals surface area contributed by atoms with Crippen LogP contribution >= 0.6 is 11.6 Å². The second kappa shape index (κ2) is 11.0. The second-order valence-electron chi connectivity index (χ2n) is 8.87. The first-order valence-electron chi connectivity index (χ1n) is 12.5. The molecule has 38 heavy (non-hydrogen) atoms. The summed E-state index contributed by atoms with van der Waals surface area (Å²) in [4.78, 5) is 22.3. The highest BCUT2D eigenvalue weighted by Crippen LogP contribution is 2.25. The molecule has 2 aromatic heterocycles. The lowest BCUT2D eigenvalue weighted by atomic mass is 10.1. The molecule has 7 nitrogen and oxygen atoms in total. The largest absolute Gasteiger partial charge is 0.492 e. The quantitative estimate of drug-likeness (QED) is 0.284. The summed E-state index contributed by atoms with van der Waals surface area (Å²) in [7, 11) is 0. The molecule has 5 rings (SSSR count). The van der Waals surface area contributed by atoms with Crippen molar-refractivity contribution < 1.29 is 4.74 Å². The minimum atomic E-state index is -0.225. The van der Waals surface area contributed by atoms with Gasteiger partial charge < -0.3 is 20.4 Å². The fraction of sp³-hybridized carbons (Fsp3) is 0.200. The van der Waals surface area contributed by atoms with Gasteiger partial charge in [0.1, 0.15) is 18.2 Å². The van der Waals surface area contributed by atoms with Crippen LogP contribution in [0.2, 0.25) is 5.02 Å². The van der Waals surface area contributed by atoms with E-state index in [1.807, 2.05) is 60.7 Å². The molecule has 0 fully saturated rings. The number of nitrogens with zero attached hydrogens (tertiary/aromatic N) is 3. The molecule has 0 saturated heterocycles. The van der Waals surface area contributed by atoms with Gasteiger partial charge in [-0.25, -0.2) is 9.78 Å². The Morgan fingerprint density at radius 3 is 2.61 bits per heavy atom. The van der Waals surface area contributed by atoms with Gasteiger partial charge in [-0.15, -0.1) is 0 Å². The number of nitrogens with one attached hydrogen (secondary N) is 1. The van der Waals surface area contributed by atoms with Gasteiger partial charge in [-0.2, -0.15) is 0 Å². The molecule has 0 aliphatic heterocycles. The normalized spacial score (nSPS) is 11.2. The van der Waals surface area contributed by atoms with Gasteiger partial charge in [-0.1, -0.05) is 43.4 Å². The zero-order valence-corrected chi connectivity index (χ0v) is 22.0. The maximum Gasteiger partial charge on any atom is 0.331 e. The third-order valence-electron chi connectivity index (χ3n) is 6.56. The molecule has 0 atom stereocenters. The molecule has 8 heteroatoms. The number of pyridine rings is 1. The first kappa shape index (κ1) is 25.4. The Morgan fingerprint density at radius 1 is 1.05 bits per heavy atom.